The molecule has 5 rings (SSSR count). The summed E-state index contributed by atoms with van der Waals surface area (Å²) in [6.07, 6.45) is 3.54. The molecule has 234 valence electrons. The van der Waals surface area contributed by atoms with Crippen LogP contribution in [0.3, 0.4) is 0 Å². The van der Waals surface area contributed by atoms with Crippen molar-refractivity contribution < 1.29 is 38.3 Å². The lowest BCUT2D eigenvalue weighted by atomic mass is 9.78. The van der Waals surface area contributed by atoms with Gasteiger partial charge >= 0.3 is 0 Å². The van der Waals surface area contributed by atoms with E-state index in [1.165, 1.54) is 27.8 Å². The third kappa shape index (κ3) is 8.03. The maximum atomic E-state index is 14.1. The number of allylic oxidation sites excluding steroid dienone is 1. The van der Waals surface area contributed by atoms with Crippen molar-refractivity contribution in [3.63, 3.8) is 0 Å². The minimum absolute atomic E-state index is 0.0616. The second-order valence-electron chi connectivity index (χ2n) is 11.0. The summed E-state index contributed by atoms with van der Waals surface area (Å²) in [6.45, 7) is 6.87. The lowest BCUT2D eigenvalue weighted by Gasteiger charge is -2.38. The Hall–Kier alpha value is -2.79. The highest BCUT2D eigenvalue weighted by molar-refractivity contribution is 5.92. The molecule has 3 aliphatic rings. The lowest BCUT2D eigenvalue weighted by Crippen LogP contribution is -2.43. The van der Waals surface area contributed by atoms with Crippen molar-refractivity contribution in [1.82, 2.24) is 4.90 Å². The van der Waals surface area contributed by atoms with Crippen LogP contribution in [0.15, 0.2) is 54.3 Å². The van der Waals surface area contributed by atoms with E-state index in [1.54, 1.807) is 4.90 Å². The summed E-state index contributed by atoms with van der Waals surface area (Å²) in [4.78, 5) is 15.8. The molecule has 3 atom stereocenters. The molecule has 1 N–H and O–H groups in total. The molecular weight excluding hydrogens is 550 g/mol. The summed E-state index contributed by atoms with van der Waals surface area (Å²) in [5.74, 6) is -0.115. The Balaban J connectivity index is 1.44. The number of rotatable bonds is 7. The van der Waals surface area contributed by atoms with E-state index in [0.29, 0.717) is 85.4 Å². The van der Waals surface area contributed by atoms with Gasteiger partial charge in [0.2, 0.25) is 6.29 Å². The van der Waals surface area contributed by atoms with Crippen LogP contribution < -0.4 is 0 Å². The highest BCUT2D eigenvalue weighted by Gasteiger charge is 2.40. The van der Waals surface area contributed by atoms with Crippen molar-refractivity contribution in [1.29, 1.82) is 0 Å². The van der Waals surface area contributed by atoms with E-state index < -0.39 is 6.29 Å². The van der Waals surface area contributed by atoms with E-state index in [1.807, 2.05) is 13.0 Å². The van der Waals surface area contributed by atoms with E-state index in [9.17, 15) is 9.90 Å². The van der Waals surface area contributed by atoms with Crippen molar-refractivity contribution >= 4 is 5.91 Å². The first kappa shape index (κ1) is 31.6. The minimum Gasteiger partial charge on any atom is -0.459 e. The largest absolute Gasteiger partial charge is 0.459 e. The maximum Gasteiger partial charge on any atom is 0.288 e. The predicted octanol–water partition coefficient (Wildman–Crippen LogP) is 3.92. The number of hydrogen-bond acceptors (Lipinski definition) is 8. The third-order valence-electron chi connectivity index (χ3n) is 8.28. The molecule has 2 aliphatic heterocycles. The van der Waals surface area contributed by atoms with Gasteiger partial charge in [0.05, 0.1) is 52.9 Å². The van der Waals surface area contributed by atoms with Crippen molar-refractivity contribution in [2.45, 2.75) is 38.4 Å². The first-order valence-corrected chi connectivity index (χ1v) is 15.6. The van der Waals surface area contributed by atoms with Crippen LogP contribution in [0.1, 0.15) is 42.4 Å². The first-order chi connectivity index (χ1) is 21.2. The fourth-order valence-corrected chi connectivity index (χ4v) is 6.19. The Labute approximate surface area is 254 Å². The second-order valence-corrected chi connectivity index (χ2v) is 11.0. The average Bonchev–Trinajstić information content (AvgIpc) is 3.41. The number of amides is 1. The molecule has 1 amide bonds. The molecule has 2 aromatic carbocycles. The topological polar surface area (TPSA) is 95.9 Å². The molecule has 0 saturated carbocycles. The quantitative estimate of drug-likeness (QED) is 0.439. The van der Waals surface area contributed by atoms with E-state index in [0.717, 1.165) is 6.42 Å². The van der Waals surface area contributed by atoms with Crippen LogP contribution in [0, 0.1) is 5.92 Å². The third-order valence-corrected chi connectivity index (χ3v) is 8.28. The Kier molecular flexibility index (Phi) is 12.0. The Morgan fingerprint density at radius 3 is 2.21 bits per heavy atom. The zero-order chi connectivity index (χ0) is 29.9. The number of fused-ring (bicyclic) bond motifs is 3. The molecule has 9 heteroatoms. The maximum absolute atomic E-state index is 14.1. The molecule has 1 fully saturated rings. The SMILES string of the molecule is CCO[C@H]1OC(C(=O)N2CCOCCOCCOCCOCC2)=C[C@@H](c2cccc3c2Cc2ccccc2-3)[C@H]1CCCO. The number of nitrogens with zero attached hydrogens (tertiary/aromatic N) is 1. The smallest absolute Gasteiger partial charge is 0.288 e. The van der Waals surface area contributed by atoms with Crippen LogP contribution in [0.5, 0.6) is 0 Å². The molecule has 2 heterocycles. The van der Waals surface area contributed by atoms with Crippen LogP contribution in [-0.4, -0.2) is 101 Å². The average molecular weight is 596 g/mol. The van der Waals surface area contributed by atoms with E-state index in [-0.39, 0.29) is 30.1 Å². The number of aliphatic hydroxyl groups is 1. The normalized spacial score (nSPS) is 23.7. The second kappa shape index (κ2) is 16.3. The van der Waals surface area contributed by atoms with Crippen LogP contribution in [0.2, 0.25) is 0 Å². The zero-order valence-corrected chi connectivity index (χ0v) is 25.2. The van der Waals surface area contributed by atoms with Gasteiger partial charge in [0.15, 0.2) is 5.76 Å². The number of carbonyl (C=O) groups is 1. The fourth-order valence-electron chi connectivity index (χ4n) is 6.19. The Morgan fingerprint density at radius 2 is 1.53 bits per heavy atom. The van der Waals surface area contributed by atoms with Gasteiger partial charge in [-0.3, -0.25) is 4.79 Å². The molecule has 0 radical (unpaired) electrons. The molecule has 0 spiro atoms. The van der Waals surface area contributed by atoms with Gasteiger partial charge < -0.3 is 38.4 Å². The van der Waals surface area contributed by atoms with Crippen LogP contribution in [-0.2, 0) is 39.6 Å². The minimum atomic E-state index is -0.615. The summed E-state index contributed by atoms with van der Waals surface area (Å²) in [6, 6.07) is 15.0. The summed E-state index contributed by atoms with van der Waals surface area (Å²) in [5, 5.41) is 9.74. The molecule has 0 bridgehead atoms. The van der Waals surface area contributed by atoms with Crippen molar-refractivity contribution in [2.24, 2.45) is 5.92 Å². The zero-order valence-electron chi connectivity index (χ0n) is 25.2. The van der Waals surface area contributed by atoms with E-state index in [2.05, 4.69) is 42.5 Å². The molecule has 1 aliphatic carbocycles. The molecule has 9 nitrogen and oxygen atoms in total. The highest BCUT2D eigenvalue weighted by Crippen LogP contribution is 2.46. The molecule has 0 unspecified atom stereocenters. The first-order valence-electron chi connectivity index (χ1n) is 15.6. The van der Waals surface area contributed by atoms with Gasteiger partial charge in [-0.2, -0.15) is 0 Å². The molecule has 1 saturated heterocycles. The monoisotopic (exact) mass is 595 g/mol. The van der Waals surface area contributed by atoms with Gasteiger partial charge in [-0.1, -0.05) is 42.5 Å². The Morgan fingerprint density at radius 1 is 0.884 bits per heavy atom. The van der Waals surface area contributed by atoms with Gasteiger partial charge in [0.1, 0.15) is 0 Å². The van der Waals surface area contributed by atoms with Gasteiger partial charge in [-0.05, 0) is 60.1 Å². The summed E-state index contributed by atoms with van der Waals surface area (Å²) >= 11 is 0. The summed E-state index contributed by atoms with van der Waals surface area (Å²) in [7, 11) is 0. The van der Waals surface area contributed by atoms with Gasteiger partial charge in [0, 0.05) is 38.1 Å². The standard InChI is InChI=1S/C34H45NO8/c1-2-42-34-29(11-6-14-36)31(28-10-5-9-27-26-8-4-3-7-25(26)23-30(27)28)24-32(43-34)33(37)35-12-15-38-17-19-40-21-22-41-20-18-39-16-13-35/h3-5,7-10,24,29,31,34,36H,2,6,11-23H2,1H3/t29-,31+,34+/m1/s1. The fraction of sp³-hybridized carbons (Fsp3) is 0.559. The van der Waals surface area contributed by atoms with Crippen molar-refractivity contribution in [3.05, 3.63) is 71.0 Å². The van der Waals surface area contributed by atoms with Crippen LogP contribution >= 0.6 is 0 Å². The van der Waals surface area contributed by atoms with Crippen LogP contribution in [0.4, 0.5) is 0 Å². The molecular formula is C34H45NO8. The summed E-state index contributed by atoms with van der Waals surface area (Å²) < 4.78 is 35.1. The number of aliphatic hydroxyl groups excluding tert-OH is 1. The number of carbonyl (C=O) groups excluding carboxylic acids is 1. The molecule has 2 aromatic rings. The molecule has 0 aromatic heterocycles. The van der Waals surface area contributed by atoms with Gasteiger partial charge in [0.25, 0.3) is 5.91 Å². The van der Waals surface area contributed by atoms with E-state index in [4.69, 9.17) is 28.4 Å². The number of hydrogen-bond donors (Lipinski definition) is 1. The van der Waals surface area contributed by atoms with Gasteiger partial charge in [-0.25, -0.2) is 0 Å². The predicted molar refractivity (Wildman–Crippen MR) is 162 cm³/mol. The highest BCUT2D eigenvalue weighted by atomic mass is 16.7. The lowest BCUT2D eigenvalue weighted by molar-refractivity contribution is -0.170. The van der Waals surface area contributed by atoms with Crippen molar-refractivity contribution in [3.8, 4) is 11.1 Å². The number of benzene rings is 2. The number of ether oxygens (including phenoxy) is 6. The van der Waals surface area contributed by atoms with Crippen LogP contribution in [0.25, 0.3) is 11.1 Å². The molecule has 43 heavy (non-hydrogen) atoms. The summed E-state index contributed by atoms with van der Waals surface area (Å²) in [5.41, 5.74) is 6.27. The van der Waals surface area contributed by atoms with Crippen molar-refractivity contribution in [2.75, 3.05) is 79.2 Å². The Bertz CT molecular complexity index is 1200. The van der Waals surface area contributed by atoms with Gasteiger partial charge in [-0.15, -0.1) is 0 Å². The van der Waals surface area contributed by atoms with E-state index >= 15 is 0 Å².